The zero-order valence-electron chi connectivity index (χ0n) is 10.5. The fraction of sp³-hybridized carbons (Fsp3) is 0.385. The summed E-state index contributed by atoms with van der Waals surface area (Å²) >= 11 is 0. The lowest BCUT2D eigenvalue weighted by Crippen LogP contribution is -2.44. The molecule has 0 unspecified atom stereocenters. The monoisotopic (exact) mass is 251 g/mol. The van der Waals surface area contributed by atoms with Crippen molar-refractivity contribution < 1.29 is 19.4 Å². The Bertz CT molecular complexity index is 431. The van der Waals surface area contributed by atoms with Crippen molar-refractivity contribution in [1.29, 1.82) is 0 Å². The molecule has 2 N–H and O–H groups in total. The van der Waals surface area contributed by atoms with Crippen molar-refractivity contribution in [3.05, 3.63) is 35.4 Å². The first-order valence-corrected chi connectivity index (χ1v) is 5.61. The number of benzene rings is 1. The average molecular weight is 251 g/mol. The molecule has 98 valence electrons. The van der Waals surface area contributed by atoms with E-state index in [1.165, 1.54) is 7.11 Å². The summed E-state index contributed by atoms with van der Waals surface area (Å²) < 4.78 is 4.63. The molecule has 1 atom stereocenters. The van der Waals surface area contributed by atoms with Crippen molar-refractivity contribution in [1.82, 2.24) is 5.32 Å². The molecule has 5 nitrogen and oxygen atoms in total. The Morgan fingerprint density at radius 3 is 2.61 bits per heavy atom. The summed E-state index contributed by atoms with van der Waals surface area (Å²) in [6.07, 6.45) is 0.338. The summed E-state index contributed by atoms with van der Waals surface area (Å²) in [6.45, 7) is 1.28. The number of aliphatic hydroxyl groups excluding tert-OH is 1. The van der Waals surface area contributed by atoms with Crippen LogP contribution in [0.15, 0.2) is 24.3 Å². The molecule has 0 heterocycles. The molecule has 0 aromatic heterocycles. The van der Waals surface area contributed by atoms with E-state index in [1.54, 1.807) is 0 Å². The predicted octanol–water partition coefficient (Wildman–Crippen LogP) is 0.188. The van der Waals surface area contributed by atoms with Crippen molar-refractivity contribution >= 4 is 11.9 Å². The molecule has 1 rings (SSSR count). The molecule has 0 aliphatic rings. The van der Waals surface area contributed by atoms with Crippen molar-refractivity contribution in [2.45, 2.75) is 19.4 Å². The average Bonchev–Trinajstić information content (AvgIpc) is 2.39. The van der Waals surface area contributed by atoms with Gasteiger partial charge in [-0.05, 0) is 18.1 Å². The summed E-state index contributed by atoms with van der Waals surface area (Å²) in [5, 5.41) is 11.1. The topological polar surface area (TPSA) is 75.6 Å². The standard InChI is InChI=1S/C13H17NO4/c1-9-5-3-4-6-10(9)7-11(13(17)18-2)14-12(16)8-15/h3-6,11,15H,7-8H2,1-2H3,(H,14,16)/t11-/m0/s1. The van der Waals surface area contributed by atoms with Gasteiger partial charge in [-0.3, -0.25) is 4.79 Å². The van der Waals surface area contributed by atoms with E-state index in [4.69, 9.17) is 5.11 Å². The maximum absolute atomic E-state index is 11.6. The molecule has 0 aliphatic heterocycles. The first-order chi connectivity index (χ1) is 8.58. The molecule has 0 bridgehead atoms. The first-order valence-electron chi connectivity index (χ1n) is 5.61. The van der Waals surface area contributed by atoms with Crippen LogP contribution < -0.4 is 5.32 Å². The Kier molecular flexibility index (Phi) is 5.32. The summed E-state index contributed by atoms with van der Waals surface area (Å²) in [7, 11) is 1.26. The van der Waals surface area contributed by atoms with Crippen LogP contribution in [0.2, 0.25) is 0 Å². The van der Waals surface area contributed by atoms with Crippen LogP contribution in [0.4, 0.5) is 0 Å². The molecule has 18 heavy (non-hydrogen) atoms. The van der Waals surface area contributed by atoms with Crippen molar-refractivity contribution in [2.75, 3.05) is 13.7 Å². The number of methoxy groups -OCH3 is 1. The van der Waals surface area contributed by atoms with Gasteiger partial charge in [0.05, 0.1) is 7.11 Å². The highest BCUT2D eigenvalue weighted by Crippen LogP contribution is 2.10. The Balaban J connectivity index is 2.82. The van der Waals surface area contributed by atoms with Crippen LogP contribution >= 0.6 is 0 Å². The summed E-state index contributed by atoms with van der Waals surface area (Å²) in [4.78, 5) is 22.7. The number of ether oxygens (including phenoxy) is 1. The molecule has 0 saturated heterocycles. The molecular formula is C13H17NO4. The highest BCUT2D eigenvalue weighted by atomic mass is 16.5. The van der Waals surface area contributed by atoms with Gasteiger partial charge < -0.3 is 15.2 Å². The number of esters is 1. The van der Waals surface area contributed by atoms with Crippen molar-refractivity contribution in [2.24, 2.45) is 0 Å². The number of rotatable bonds is 5. The lowest BCUT2D eigenvalue weighted by molar-refractivity contribution is -0.145. The van der Waals surface area contributed by atoms with Gasteiger partial charge in [0, 0.05) is 6.42 Å². The molecule has 1 amide bonds. The number of amides is 1. The molecule has 0 spiro atoms. The predicted molar refractivity (Wildman–Crippen MR) is 65.9 cm³/mol. The zero-order valence-corrected chi connectivity index (χ0v) is 10.5. The molecule has 0 radical (unpaired) electrons. The number of hydrogen-bond acceptors (Lipinski definition) is 4. The van der Waals surface area contributed by atoms with E-state index in [-0.39, 0.29) is 0 Å². The lowest BCUT2D eigenvalue weighted by Gasteiger charge is -2.17. The minimum absolute atomic E-state index is 0.338. The second-order valence-electron chi connectivity index (χ2n) is 3.93. The van der Waals surface area contributed by atoms with Crippen molar-refractivity contribution in [3.8, 4) is 0 Å². The Hall–Kier alpha value is -1.88. The second kappa shape index (κ2) is 6.76. The van der Waals surface area contributed by atoms with Gasteiger partial charge in [-0.15, -0.1) is 0 Å². The van der Waals surface area contributed by atoms with E-state index in [0.29, 0.717) is 6.42 Å². The largest absolute Gasteiger partial charge is 0.467 e. The molecule has 5 heteroatoms. The summed E-state index contributed by atoms with van der Waals surface area (Å²) in [5.74, 6) is -1.13. The Morgan fingerprint density at radius 2 is 2.06 bits per heavy atom. The van der Waals surface area contributed by atoms with Crippen LogP contribution in [0.5, 0.6) is 0 Å². The van der Waals surface area contributed by atoms with Gasteiger partial charge in [0.25, 0.3) is 0 Å². The van der Waals surface area contributed by atoms with Crippen LogP contribution in [-0.4, -0.2) is 36.7 Å². The highest BCUT2D eigenvalue weighted by molar-refractivity contribution is 5.85. The number of hydrogen-bond donors (Lipinski definition) is 2. The molecule has 1 aromatic carbocycles. The van der Waals surface area contributed by atoms with Crippen LogP contribution in [0.25, 0.3) is 0 Å². The van der Waals surface area contributed by atoms with Gasteiger partial charge in [-0.2, -0.15) is 0 Å². The minimum atomic E-state index is -0.782. The number of nitrogens with one attached hydrogen (secondary N) is 1. The fourth-order valence-corrected chi connectivity index (χ4v) is 1.63. The molecule has 0 aliphatic carbocycles. The molecular weight excluding hydrogens is 234 g/mol. The Labute approximate surface area is 106 Å². The lowest BCUT2D eigenvalue weighted by atomic mass is 10.0. The smallest absolute Gasteiger partial charge is 0.328 e. The third-order valence-electron chi connectivity index (χ3n) is 2.65. The molecule has 0 saturated carbocycles. The van der Waals surface area contributed by atoms with Crippen LogP contribution in [-0.2, 0) is 20.7 Å². The van der Waals surface area contributed by atoms with E-state index in [0.717, 1.165) is 11.1 Å². The maximum Gasteiger partial charge on any atom is 0.328 e. The van der Waals surface area contributed by atoms with Gasteiger partial charge in [-0.25, -0.2) is 4.79 Å². The van der Waals surface area contributed by atoms with Gasteiger partial charge in [0.1, 0.15) is 12.6 Å². The van der Waals surface area contributed by atoms with Crippen LogP contribution in [0, 0.1) is 6.92 Å². The van der Waals surface area contributed by atoms with Gasteiger partial charge in [-0.1, -0.05) is 24.3 Å². The second-order valence-corrected chi connectivity index (χ2v) is 3.93. The van der Waals surface area contributed by atoms with Gasteiger partial charge >= 0.3 is 5.97 Å². The number of aryl methyl sites for hydroxylation is 1. The van der Waals surface area contributed by atoms with E-state index in [1.807, 2.05) is 31.2 Å². The summed E-state index contributed by atoms with van der Waals surface area (Å²) in [5.41, 5.74) is 1.98. The number of aliphatic hydroxyl groups is 1. The van der Waals surface area contributed by atoms with Gasteiger partial charge in [0.2, 0.25) is 5.91 Å². The number of carbonyl (C=O) groups is 2. The van der Waals surface area contributed by atoms with Crippen molar-refractivity contribution in [3.63, 3.8) is 0 Å². The third kappa shape index (κ3) is 3.85. The van der Waals surface area contributed by atoms with Crippen LogP contribution in [0.1, 0.15) is 11.1 Å². The molecule has 0 fully saturated rings. The van der Waals surface area contributed by atoms with Gasteiger partial charge in [0.15, 0.2) is 0 Å². The van der Waals surface area contributed by atoms with Crippen LogP contribution in [0.3, 0.4) is 0 Å². The Morgan fingerprint density at radius 1 is 1.39 bits per heavy atom. The minimum Gasteiger partial charge on any atom is -0.467 e. The fourth-order valence-electron chi connectivity index (χ4n) is 1.63. The van der Waals surface area contributed by atoms with E-state index in [9.17, 15) is 9.59 Å². The number of carbonyl (C=O) groups excluding carboxylic acids is 2. The SMILES string of the molecule is COC(=O)[C@H](Cc1ccccc1C)NC(=O)CO. The maximum atomic E-state index is 11.6. The quantitative estimate of drug-likeness (QED) is 0.732. The van der Waals surface area contributed by atoms with E-state index < -0.39 is 24.5 Å². The first kappa shape index (κ1) is 14.2. The summed E-state index contributed by atoms with van der Waals surface area (Å²) in [6, 6.07) is 6.80. The van der Waals surface area contributed by atoms with E-state index >= 15 is 0 Å². The zero-order chi connectivity index (χ0) is 13.5. The van der Waals surface area contributed by atoms with E-state index in [2.05, 4.69) is 10.1 Å². The normalized spacial score (nSPS) is 11.7. The highest BCUT2D eigenvalue weighted by Gasteiger charge is 2.22. The molecule has 1 aromatic rings. The third-order valence-corrected chi connectivity index (χ3v) is 2.65.